The van der Waals surface area contributed by atoms with Crippen LogP contribution in [0.15, 0.2) is 73.2 Å². The molecule has 0 saturated carbocycles. The number of hydrogen-bond acceptors (Lipinski definition) is 4. The molecule has 0 fully saturated rings. The van der Waals surface area contributed by atoms with Gasteiger partial charge in [0.25, 0.3) is 0 Å². The largest absolute Gasteiger partial charge is 0.384 e. The monoisotopic (exact) mass is 401 g/mol. The molecule has 4 aromatic heterocycles. The van der Waals surface area contributed by atoms with Gasteiger partial charge in [-0.15, -0.1) is 12.4 Å². The van der Waals surface area contributed by atoms with Gasteiger partial charge in [0.05, 0.1) is 16.9 Å². The zero-order valence-electron chi connectivity index (χ0n) is 15.9. The van der Waals surface area contributed by atoms with Gasteiger partial charge in [-0.1, -0.05) is 31.2 Å². The van der Waals surface area contributed by atoms with Crippen molar-refractivity contribution < 1.29 is 0 Å². The second-order valence-corrected chi connectivity index (χ2v) is 6.77. The summed E-state index contributed by atoms with van der Waals surface area (Å²) in [5.74, 6) is 0.545. The molecule has 5 nitrogen and oxygen atoms in total. The molecule has 0 radical (unpaired) electrons. The molecule has 29 heavy (non-hydrogen) atoms. The summed E-state index contributed by atoms with van der Waals surface area (Å²) in [5.41, 5.74) is 12.9. The highest BCUT2D eigenvalue weighted by atomic mass is 35.5. The number of imidazole rings is 1. The van der Waals surface area contributed by atoms with Crippen molar-refractivity contribution in [2.24, 2.45) is 0 Å². The van der Waals surface area contributed by atoms with Crippen LogP contribution in [0.1, 0.15) is 12.6 Å². The van der Waals surface area contributed by atoms with E-state index >= 15 is 0 Å². The maximum absolute atomic E-state index is 5.90. The van der Waals surface area contributed by atoms with Crippen LogP contribution in [0.3, 0.4) is 0 Å². The van der Waals surface area contributed by atoms with Crippen LogP contribution in [0.25, 0.3) is 38.9 Å². The molecular formula is C23H20ClN5. The third-order valence-corrected chi connectivity index (χ3v) is 5.03. The fourth-order valence-corrected chi connectivity index (χ4v) is 3.63. The Morgan fingerprint density at radius 2 is 1.83 bits per heavy atom. The van der Waals surface area contributed by atoms with E-state index < -0.39 is 0 Å². The number of nitrogens with two attached hydrogens (primary N) is 1. The van der Waals surface area contributed by atoms with Crippen LogP contribution in [-0.2, 0) is 6.42 Å². The van der Waals surface area contributed by atoms with Gasteiger partial charge >= 0.3 is 0 Å². The Labute approximate surface area is 174 Å². The number of pyridine rings is 3. The summed E-state index contributed by atoms with van der Waals surface area (Å²) < 4.78 is 2.01. The van der Waals surface area contributed by atoms with Crippen LogP contribution in [-0.4, -0.2) is 19.4 Å². The Morgan fingerprint density at radius 3 is 2.69 bits per heavy atom. The topological polar surface area (TPSA) is 69.1 Å². The standard InChI is InChI=1S/C23H19N5.ClH/c1-2-19-17(8-10-21(24)26-19)18-5-3-4-15-6-9-20(27-23(15)18)16-7-11-22-25-12-13-28(22)14-16;/h3-14H,2H2,1H3,(H2,24,26);1H. The Bertz CT molecular complexity index is 1330. The molecule has 0 atom stereocenters. The third kappa shape index (κ3) is 3.30. The maximum atomic E-state index is 5.90. The number of fused-ring (bicyclic) bond motifs is 2. The van der Waals surface area contributed by atoms with Gasteiger partial charge in [-0.25, -0.2) is 15.0 Å². The zero-order valence-corrected chi connectivity index (χ0v) is 16.7. The maximum Gasteiger partial charge on any atom is 0.136 e. The van der Waals surface area contributed by atoms with Crippen LogP contribution < -0.4 is 5.73 Å². The number of nitrogens with zero attached hydrogens (tertiary/aromatic N) is 4. The van der Waals surface area contributed by atoms with Gasteiger partial charge in [0.1, 0.15) is 11.5 Å². The molecule has 4 heterocycles. The van der Waals surface area contributed by atoms with E-state index in [1.54, 1.807) is 6.20 Å². The molecule has 0 unspecified atom stereocenters. The summed E-state index contributed by atoms with van der Waals surface area (Å²) in [5, 5.41) is 1.10. The summed E-state index contributed by atoms with van der Waals surface area (Å²) in [4.78, 5) is 13.9. The summed E-state index contributed by atoms with van der Waals surface area (Å²) in [6.45, 7) is 2.09. The van der Waals surface area contributed by atoms with Crippen molar-refractivity contribution in [3.63, 3.8) is 0 Å². The van der Waals surface area contributed by atoms with E-state index in [0.717, 1.165) is 51.0 Å². The molecule has 5 rings (SSSR count). The van der Waals surface area contributed by atoms with E-state index in [1.165, 1.54) is 0 Å². The lowest BCUT2D eigenvalue weighted by Crippen LogP contribution is -1.98. The summed E-state index contributed by atoms with van der Waals surface area (Å²) in [6, 6.07) is 18.4. The molecule has 0 bridgehead atoms. The van der Waals surface area contributed by atoms with Crippen LogP contribution in [0.4, 0.5) is 5.82 Å². The number of para-hydroxylation sites is 1. The van der Waals surface area contributed by atoms with Crippen LogP contribution in [0.5, 0.6) is 0 Å². The van der Waals surface area contributed by atoms with Crippen LogP contribution >= 0.6 is 12.4 Å². The Kier molecular flexibility index (Phi) is 4.91. The normalized spacial score (nSPS) is 10.9. The first-order chi connectivity index (χ1) is 13.7. The number of nitrogen functional groups attached to an aromatic ring is 1. The van der Waals surface area contributed by atoms with Crippen molar-refractivity contribution in [3.05, 3.63) is 78.9 Å². The molecule has 1 aromatic carbocycles. The Balaban J connectivity index is 0.00000205. The molecule has 144 valence electrons. The van der Waals surface area contributed by atoms with Gasteiger partial charge in [0.2, 0.25) is 0 Å². The number of benzene rings is 1. The van der Waals surface area contributed by atoms with Crippen molar-refractivity contribution in [2.75, 3.05) is 5.73 Å². The zero-order chi connectivity index (χ0) is 19.1. The van der Waals surface area contributed by atoms with E-state index in [-0.39, 0.29) is 12.4 Å². The molecule has 2 N–H and O–H groups in total. The number of aromatic nitrogens is 4. The van der Waals surface area contributed by atoms with Gasteiger partial charge in [0, 0.05) is 40.7 Å². The highest BCUT2D eigenvalue weighted by Crippen LogP contribution is 2.32. The first-order valence-corrected chi connectivity index (χ1v) is 9.31. The molecule has 0 aliphatic heterocycles. The molecule has 5 aromatic rings. The number of hydrogen-bond donors (Lipinski definition) is 1. The molecule has 0 aliphatic carbocycles. The molecule has 0 spiro atoms. The number of aryl methyl sites for hydroxylation is 1. The van der Waals surface area contributed by atoms with Crippen LogP contribution in [0.2, 0.25) is 0 Å². The molecule has 6 heteroatoms. The lowest BCUT2D eigenvalue weighted by Gasteiger charge is -2.12. The summed E-state index contributed by atoms with van der Waals surface area (Å²) in [6.07, 6.45) is 6.61. The summed E-state index contributed by atoms with van der Waals surface area (Å²) in [7, 11) is 0. The van der Waals surface area contributed by atoms with E-state index in [0.29, 0.717) is 5.82 Å². The van der Waals surface area contributed by atoms with Crippen molar-refractivity contribution in [3.8, 4) is 22.4 Å². The average molecular weight is 402 g/mol. The first-order valence-electron chi connectivity index (χ1n) is 9.31. The molecule has 0 saturated heterocycles. The van der Waals surface area contributed by atoms with E-state index in [4.69, 9.17) is 10.7 Å². The minimum atomic E-state index is 0. The highest BCUT2D eigenvalue weighted by molar-refractivity contribution is 5.95. The minimum absolute atomic E-state index is 0. The van der Waals surface area contributed by atoms with Crippen LogP contribution in [0, 0.1) is 0 Å². The van der Waals surface area contributed by atoms with E-state index in [9.17, 15) is 0 Å². The fourth-order valence-electron chi connectivity index (χ4n) is 3.63. The fraction of sp³-hybridized carbons (Fsp3) is 0.0870. The highest BCUT2D eigenvalue weighted by Gasteiger charge is 2.12. The SMILES string of the molecule is CCc1nc(N)ccc1-c1cccc2ccc(-c3ccc4nccn4c3)nc12.Cl. The molecular weight excluding hydrogens is 382 g/mol. The van der Waals surface area contributed by atoms with Crippen molar-refractivity contribution >= 4 is 34.8 Å². The predicted molar refractivity (Wildman–Crippen MR) is 120 cm³/mol. The lowest BCUT2D eigenvalue weighted by atomic mass is 9.99. The molecule has 0 amide bonds. The Morgan fingerprint density at radius 1 is 0.931 bits per heavy atom. The van der Waals surface area contributed by atoms with E-state index in [2.05, 4.69) is 59.5 Å². The smallest absolute Gasteiger partial charge is 0.136 e. The van der Waals surface area contributed by atoms with Gasteiger partial charge in [-0.05, 0) is 36.8 Å². The average Bonchev–Trinajstić information content (AvgIpc) is 3.21. The van der Waals surface area contributed by atoms with Crippen molar-refractivity contribution in [1.82, 2.24) is 19.4 Å². The number of rotatable bonds is 3. The predicted octanol–water partition coefficient (Wildman–Crippen LogP) is 5.18. The van der Waals surface area contributed by atoms with Gasteiger partial charge in [-0.2, -0.15) is 0 Å². The first kappa shape index (κ1) is 18.9. The lowest BCUT2D eigenvalue weighted by molar-refractivity contribution is 1.05. The third-order valence-electron chi connectivity index (χ3n) is 5.03. The van der Waals surface area contributed by atoms with E-state index in [1.807, 2.05) is 28.8 Å². The van der Waals surface area contributed by atoms with Crippen molar-refractivity contribution in [2.45, 2.75) is 13.3 Å². The van der Waals surface area contributed by atoms with Gasteiger partial charge < -0.3 is 10.1 Å². The van der Waals surface area contributed by atoms with Gasteiger partial charge in [-0.3, -0.25) is 0 Å². The number of anilines is 1. The number of halogens is 1. The van der Waals surface area contributed by atoms with Crippen molar-refractivity contribution in [1.29, 1.82) is 0 Å². The van der Waals surface area contributed by atoms with Gasteiger partial charge in [0.15, 0.2) is 0 Å². The molecule has 0 aliphatic rings. The minimum Gasteiger partial charge on any atom is -0.384 e. The quantitative estimate of drug-likeness (QED) is 0.452. The second-order valence-electron chi connectivity index (χ2n) is 6.77. The Hall–Kier alpha value is -3.44. The summed E-state index contributed by atoms with van der Waals surface area (Å²) >= 11 is 0. The second kappa shape index (κ2) is 7.53.